The average molecular weight is 650 g/mol. The van der Waals surface area contributed by atoms with Crippen molar-refractivity contribution >= 4 is 71.6 Å². The number of ether oxygens (including phenoxy) is 4. The van der Waals surface area contributed by atoms with Crippen LogP contribution in [0.2, 0.25) is 0 Å². The standard InChI is InChI=1S/C12H26O6.2HI.Te/c1-12(2,14)11-18-10-9-17-8-7-16-6-5-15-4-3-13;;;/h13-14H,3-11H2,1-2H3;2*1H;. The zero-order chi connectivity index (χ0) is 13.7. The number of hydrogen-bond acceptors (Lipinski definition) is 6. The van der Waals surface area contributed by atoms with E-state index in [9.17, 15) is 5.11 Å². The van der Waals surface area contributed by atoms with E-state index in [2.05, 4.69) is 0 Å². The van der Waals surface area contributed by atoms with Gasteiger partial charge in [-0.2, -0.15) is 0 Å². The Balaban J connectivity index is -0.000000482. The van der Waals surface area contributed by atoms with Gasteiger partial charge in [0, 0.05) is 23.7 Å². The molecular formula is C12H28I2O6Te. The molecular weight excluding hydrogens is 622 g/mol. The first kappa shape index (κ1) is 30.8. The van der Waals surface area contributed by atoms with Crippen LogP contribution < -0.4 is 0 Å². The van der Waals surface area contributed by atoms with E-state index in [1.54, 1.807) is 13.8 Å². The molecule has 0 unspecified atom stereocenters. The molecule has 0 aromatic heterocycles. The largest absolute Gasteiger partial charge is 0.394 e. The van der Waals surface area contributed by atoms with Gasteiger partial charge in [0.1, 0.15) is 0 Å². The second kappa shape index (κ2) is 22.0. The van der Waals surface area contributed by atoms with Gasteiger partial charge in [-0.1, -0.05) is 0 Å². The summed E-state index contributed by atoms with van der Waals surface area (Å²) in [5.74, 6) is 0. The zero-order valence-corrected chi connectivity index (χ0v) is 19.6. The van der Waals surface area contributed by atoms with Crippen LogP contribution in [0.4, 0.5) is 0 Å². The third-order valence-electron chi connectivity index (χ3n) is 1.81. The first-order valence-corrected chi connectivity index (χ1v) is 6.20. The van der Waals surface area contributed by atoms with Crippen molar-refractivity contribution < 1.29 is 29.2 Å². The third kappa shape index (κ3) is 30.5. The van der Waals surface area contributed by atoms with Crippen molar-refractivity contribution in [2.24, 2.45) is 0 Å². The molecule has 0 heterocycles. The van der Waals surface area contributed by atoms with Crippen molar-refractivity contribution in [3.63, 3.8) is 0 Å². The number of aliphatic hydroxyl groups is 2. The van der Waals surface area contributed by atoms with Crippen LogP contribution in [0.25, 0.3) is 0 Å². The first-order chi connectivity index (χ1) is 8.56. The predicted octanol–water partition coefficient (Wildman–Crippen LogP) is 0.671. The summed E-state index contributed by atoms with van der Waals surface area (Å²) in [7, 11) is 0. The van der Waals surface area contributed by atoms with E-state index in [1.807, 2.05) is 0 Å². The minimum Gasteiger partial charge on any atom is -0.394 e. The fourth-order valence-electron chi connectivity index (χ4n) is 1.05. The van der Waals surface area contributed by atoms with E-state index in [0.717, 1.165) is 0 Å². The van der Waals surface area contributed by atoms with Crippen molar-refractivity contribution in [1.29, 1.82) is 0 Å². The van der Waals surface area contributed by atoms with Crippen LogP contribution >= 0.6 is 48.0 Å². The first-order valence-electron chi connectivity index (χ1n) is 6.20. The van der Waals surface area contributed by atoms with Gasteiger partial charge in [0.05, 0.1) is 65.1 Å². The van der Waals surface area contributed by atoms with Gasteiger partial charge in [-0.25, -0.2) is 0 Å². The molecule has 0 atom stereocenters. The van der Waals surface area contributed by atoms with Gasteiger partial charge in [0.2, 0.25) is 0 Å². The van der Waals surface area contributed by atoms with E-state index in [1.165, 1.54) is 0 Å². The van der Waals surface area contributed by atoms with Gasteiger partial charge in [0.15, 0.2) is 0 Å². The van der Waals surface area contributed by atoms with Crippen molar-refractivity contribution in [2.75, 3.05) is 59.5 Å². The summed E-state index contributed by atoms with van der Waals surface area (Å²) in [6.45, 7) is 7.01. The SMILES string of the molecule is CC(C)(O)COCCOCCOCCOCCO.I.I.[Te]. The van der Waals surface area contributed by atoms with E-state index in [4.69, 9.17) is 24.1 Å². The van der Waals surface area contributed by atoms with Gasteiger partial charge in [-0.3, -0.25) is 0 Å². The second-order valence-corrected chi connectivity index (χ2v) is 4.43. The Bertz CT molecular complexity index is 184. The molecule has 2 N–H and O–H groups in total. The molecule has 9 heteroatoms. The molecule has 21 heavy (non-hydrogen) atoms. The molecule has 0 rings (SSSR count). The minimum atomic E-state index is -0.794. The maximum atomic E-state index is 9.37. The maximum absolute atomic E-state index is 9.37. The molecule has 0 aliphatic rings. The van der Waals surface area contributed by atoms with Crippen molar-refractivity contribution in [2.45, 2.75) is 19.4 Å². The van der Waals surface area contributed by atoms with Crippen molar-refractivity contribution in [1.82, 2.24) is 0 Å². The molecule has 132 valence electrons. The van der Waals surface area contributed by atoms with Crippen LogP contribution in [0.15, 0.2) is 0 Å². The predicted molar refractivity (Wildman–Crippen MR) is 103 cm³/mol. The van der Waals surface area contributed by atoms with Crippen LogP contribution in [-0.4, -0.2) is 98.9 Å². The minimum absolute atomic E-state index is 0. The topological polar surface area (TPSA) is 77.4 Å². The van der Waals surface area contributed by atoms with Crippen molar-refractivity contribution in [3.8, 4) is 0 Å². The molecule has 0 aromatic rings. The van der Waals surface area contributed by atoms with Gasteiger partial charge in [-0.15, -0.1) is 48.0 Å². The van der Waals surface area contributed by atoms with E-state index >= 15 is 0 Å². The number of hydrogen-bond donors (Lipinski definition) is 2. The Morgan fingerprint density at radius 3 is 1.38 bits per heavy atom. The van der Waals surface area contributed by atoms with Crippen LogP contribution in [0.3, 0.4) is 0 Å². The zero-order valence-electron chi connectivity index (χ0n) is 12.6. The molecule has 2 radical (unpaired) electrons. The summed E-state index contributed by atoms with van der Waals surface area (Å²) in [6.07, 6.45) is 0. The van der Waals surface area contributed by atoms with Crippen LogP contribution in [0.1, 0.15) is 13.8 Å². The molecule has 0 spiro atoms. The molecule has 6 nitrogen and oxygen atoms in total. The van der Waals surface area contributed by atoms with Crippen LogP contribution in [0, 0.1) is 0 Å². The summed E-state index contributed by atoms with van der Waals surface area (Å²) in [6, 6.07) is 0. The normalized spacial score (nSPS) is 10.3. The Morgan fingerprint density at radius 2 is 1.05 bits per heavy atom. The monoisotopic (exact) mass is 652 g/mol. The van der Waals surface area contributed by atoms with Crippen LogP contribution in [-0.2, 0) is 18.9 Å². The van der Waals surface area contributed by atoms with Crippen LogP contribution in [0.5, 0.6) is 0 Å². The summed E-state index contributed by atoms with van der Waals surface area (Å²) in [4.78, 5) is 0. The average Bonchev–Trinajstić information content (AvgIpc) is 2.29. The van der Waals surface area contributed by atoms with Gasteiger partial charge in [-0.05, 0) is 13.8 Å². The van der Waals surface area contributed by atoms with Gasteiger partial charge < -0.3 is 29.2 Å². The van der Waals surface area contributed by atoms with E-state index < -0.39 is 5.60 Å². The molecule has 0 aromatic carbocycles. The number of aliphatic hydroxyl groups excluding tert-OH is 1. The van der Waals surface area contributed by atoms with E-state index in [-0.39, 0.29) is 78.2 Å². The molecule has 0 saturated carbocycles. The third-order valence-corrected chi connectivity index (χ3v) is 1.81. The van der Waals surface area contributed by atoms with Gasteiger partial charge >= 0.3 is 0 Å². The maximum Gasteiger partial charge on any atom is 0.0824 e. The fourth-order valence-corrected chi connectivity index (χ4v) is 1.05. The molecule has 0 aliphatic carbocycles. The Morgan fingerprint density at radius 1 is 0.714 bits per heavy atom. The second-order valence-electron chi connectivity index (χ2n) is 4.43. The number of halogens is 2. The molecule has 0 amide bonds. The Labute approximate surface area is 178 Å². The van der Waals surface area contributed by atoms with E-state index in [0.29, 0.717) is 52.9 Å². The molecule has 0 bridgehead atoms. The Hall–Kier alpha value is 2.01. The molecule has 0 saturated heterocycles. The number of rotatable bonds is 13. The quantitative estimate of drug-likeness (QED) is 0.174. The molecule has 0 fully saturated rings. The van der Waals surface area contributed by atoms with Gasteiger partial charge in [0.25, 0.3) is 0 Å². The summed E-state index contributed by atoms with van der Waals surface area (Å²) < 4.78 is 20.7. The van der Waals surface area contributed by atoms with Crippen molar-refractivity contribution in [3.05, 3.63) is 0 Å². The smallest absolute Gasteiger partial charge is 0.0824 e. The Kier molecular flexibility index (Phi) is 32.3. The summed E-state index contributed by atoms with van der Waals surface area (Å²) in [5, 5.41) is 17.8. The summed E-state index contributed by atoms with van der Waals surface area (Å²) in [5.41, 5.74) is -0.794. The fraction of sp³-hybridized carbons (Fsp3) is 1.00. The molecule has 0 aliphatic heterocycles. The summed E-state index contributed by atoms with van der Waals surface area (Å²) >= 11 is 0.